The second-order valence-corrected chi connectivity index (χ2v) is 7.92. The van der Waals surface area contributed by atoms with Gasteiger partial charge in [0.05, 0.1) is 22.5 Å². The highest BCUT2D eigenvalue weighted by Gasteiger charge is 2.32. The van der Waals surface area contributed by atoms with E-state index in [0.29, 0.717) is 28.2 Å². The maximum Gasteiger partial charge on any atom is 0.339 e. The van der Waals surface area contributed by atoms with E-state index in [2.05, 4.69) is 10.3 Å². The molecule has 5 rings (SSSR count). The van der Waals surface area contributed by atoms with E-state index in [1.54, 1.807) is 30.3 Å². The number of hydrogen-bond donors (Lipinski definition) is 1. The zero-order valence-corrected chi connectivity index (χ0v) is 17.0. The average Bonchev–Trinajstić information content (AvgIpc) is 3.62. The number of fused-ring (bicyclic) bond motifs is 2. The number of pyridine rings is 1. The Labute approximate surface area is 179 Å². The highest BCUT2D eigenvalue weighted by atomic mass is 16.5. The van der Waals surface area contributed by atoms with Gasteiger partial charge in [-0.2, -0.15) is 0 Å². The van der Waals surface area contributed by atoms with Crippen molar-refractivity contribution in [3.05, 3.63) is 65.9 Å². The minimum absolute atomic E-state index is 0.123. The van der Waals surface area contributed by atoms with Crippen LogP contribution in [-0.2, 0) is 14.3 Å². The molecule has 2 aromatic carbocycles. The smallest absolute Gasteiger partial charge is 0.339 e. The lowest BCUT2D eigenvalue weighted by Gasteiger charge is -2.30. The molecule has 3 aromatic rings. The Balaban J connectivity index is 1.41. The van der Waals surface area contributed by atoms with E-state index in [9.17, 15) is 14.4 Å². The standard InChI is InChI=1S/C24H21N3O4/c1-14(23(29)27-13-22(28)26-19-8-4-5-9-21(19)27)31-24(30)17-12-20(15-10-11-15)25-18-7-3-2-6-16(17)18/h2-9,12,14-15H,10-11,13H2,1H3,(H,26,28)/t14-/m1/s1. The molecule has 1 atom stereocenters. The van der Waals surface area contributed by atoms with Crippen LogP contribution in [0.1, 0.15) is 41.7 Å². The van der Waals surface area contributed by atoms with Gasteiger partial charge in [-0.1, -0.05) is 30.3 Å². The largest absolute Gasteiger partial charge is 0.449 e. The predicted molar refractivity (Wildman–Crippen MR) is 116 cm³/mol. The minimum atomic E-state index is -1.05. The molecule has 156 valence electrons. The predicted octanol–water partition coefficient (Wildman–Crippen LogP) is 3.64. The topological polar surface area (TPSA) is 88.6 Å². The molecule has 1 aliphatic heterocycles. The van der Waals surface area contributed by atoms with Gasteiger partial charge in [0.1, 0.15) is 6.54 Å². The third kappa shape index (κ3) is 3.63. The van der Waals surface area contributed by atoms with Gasteiger partial charge in [-0.15, -0.1) is 0 Å². The molecule has 31 heavy (non-hydrogen) atoms. The summed E-state index contributed by atoms with van der Waals surface area (Å²) in [5.74, 6) is -0.939. The van der Waals surface area contributed by atoms with Crippen LogP contribution in [0.15, 0.2) is 54.6 Å². The molecule has 0 unspecified atom stereocenters. The van der Waals surface area contributed by atoms with Crippen LogP contribution in [0.4, 0.5) is 11.4 Å². The van der Waals surface area contributed by atoms with Crippen molar-refractivity contribution in [1.82, 2.24) is 4.98 Å². The van der Waals surface area contributed by atoms with Gasteiger partial charge >= 0.3 is 5.97 Å². The summed E-state index contributed by atoms with van der Waals surface area (Å²) in [7, 11) is 0. The Kier molecular flexibility index (Phi) is 4.66. The first-order valence-electron chi connectivity index (χ1n) is 10.3. The molecule has 2 amide bonds. The SMILES string of the molecule is C[C@@H](OC(=O)c1cc(C2CC2)nc2ccccc12)C(=O)N1CC(=O)Nc2ccccc21. The summed E-state index contributed by atoms with van der Waals surface area (Å²) in [6, 6.07) is 16.2. The quantitative estimate of drug-likeness (QED) is 0.657. The number of amides is 2. The lowest BCUT2D eigenvalue weighted by atomic mass is 10.1. The fraction of sp³-hybridized carbons (Fsp3) is 0.250. The Morgan fingerprint density at radius 3 is 2.68 bits per heavy atom. The lowest BCUT2D eigenvalue weighted by molar-refractivity contribution is -0.128. The molecule has 0 radical (unpaired) electrons. The number of aromatic nitrogens is 1. The number of hydrogen-bond acceptors (Lipinski definition) is 5. The monoisotopic (exact) mass is 415 g/mol. The summed E-state index contributed by atoms with van der Waals surface area (Å²) in [6.07, 6.45) is 1.07. The number of anilines is 2. The van der Waals surface area contributed by atoms with Crippen LogP contribution in [0.5, 0.6) is 0 Å². The number of ether oxygens (including phenoxy) is 1. The number of para-hydroxylation sites is 3. The first-order chi connectivity index (χ1) is 15.0. The molecule has 0 bridgehead atoms. The fourth-order valence-corrected chi connectivity index (χ4v) is 3.88. The van der Waals surface area contributed by atoms with Gasteiger partial charge in [0, 0.05) is 17.0 Å². The van der Waals surface area contributed by atoms with Crippen LogP contribution < -0.4 is 10.2 Å². The Bertz CT molecular complexity index is 1220. The Morgan fingerprint density at radius 2 is 1.87 bits per heavy atom. The normalized spacial score (nSPS) is 16.4. The number of rotatable bonds is 4. The van der Waals surface area contributed by atoms with E-state index in [1.165, 1.54) is 11.8 Å². The minimum Gasteiger partial charge on any atom is -0.449 e. The second-order valence-electron chi connectivity index (χ2n) is 7.92. The molecule has 1 fully saturated rings. The summed E-state index contributed by atoms with van der Waals surface area (Å²) < 4.78 is 5.58. The van der Waals surface area contributed by atoms with Crippen molar-refractivity contribution >= 4 is 40.1 Å². The van der Waals surface area contributed by atoms with Gasteiger partial charge in [-0.05, 0) is 44.0 Å². The number of carbonyl (C=O) groups is 3. The molecule has 0 spiro atoms. The third-order valence-corrected chi connectivity index (χ3v) is 5.62. The van der Waals surface area contributed by atoms with Crippen molar-refractivity contribution in [2.45, 2.75) is 31.8 Å². The summed E-state index contributed by atoms with van der Waals surface area (Å²) in [5.41, 5.74) is 3.16. The van der Waals surface area contributed by atoms with Crippen LogP contribution in [-0.4, -0.2) is 35.4 Å². The second kappa shape index (κ2) is 7.50. The Hall–Kier alpha value is -3.74. The molecular weight excluding hydrogens is 394 g/mol. The van der Waals surface area contributed by atoms with Gasteiger partial charge in [-0.25, -0.2) is 4.79 Å². The van der Waals surface area contributed by atoms with E-state index in [-0.39, 0.29) is 12.5 Å². The lowest BCUT2D eigenvalue weighted by Crippen LogP contribution is -2.47. The third-order valence-electron chi connectivity index (χ3n) is 5.62. The number of carbonyl (C=O) groups excluding carboxylic acids is 3. The highest BCUT2D eigenvalue weighted by molar-refractivity contribution is 6.11. The molecule has 2 aliphatic rings. The van der Waals surface area contributed by atoms with Crippen molar-refractivity contribution in [2.75, 3.05) is 16.8 Å². The van der Waals surface area contributed by atoms with Crippen LogP contribution in [0, 0.1) is 0 Å². The van der Waals surface area contributed by atoms with E-state index in [4.69, 9.17) is 4.74 Å². The molecule has 0 saturated heterocycles. The highest BCUT2D eigenvalue weighted by Crippen LogP contribution is 2.40. The van der Waals surface area contributed by atoms with Crippen molar-refractivity contribution in [3.8, 4) is 0 Å². The van der Waals surface area contributed by atoms with Gasteiger partial charge in [0.25, 0.3) is 5.91 Å². The summed E-state index contributed by atoms with van der Waals surface area (Å²) in [4.78, 5) is 44.2. The van der Waals surface area contributed by atoms with E-state index >= 15 is 0 Å². The first-order valence-corrected chi connectivity index (χ1v) is 10.3. The maximum absolute atomic E-state index is 13.1. The number of benzene rings is 2. The van der Waals surface area contributed by atoms with Crippen LogP contribution in [0.2, 0.25) is 0 Å². The Morgan fingerprint density at radius 1 is 1.13 bits per heavy atom. The molecular formula is C24H21N3O4. The molecule has 1 N–H and O–H groups in total. The molecule has 1 aromatic heterocycles. The van der Waals surface area contributed by atoms with Crippen molar-refractivity contribution in [3.63, 3.8) is 0 Å². The van der Waals surface area contributed by atoms with Gasteiger partial charge < -0.3 is 10.1 Å². The molecule has 7 nitrogen and oxygen atoms in total. The summed E-state index contributed by atoms with van der Waals surface area (Å²) in [6.45, 7) is 1.41. The molecule has 7 heteroatoms. The number of nitrogens with zero attached hydrogens (tertiary/aromatic N) is 2. The molecule has 1 saturated carbocycles. The van der Waals surface area contributed by atoms with Crippen LogP contribution >= 0.6 is 0 Å². The maximum atomic E-state index is 13.1. The fourth-order valence-electron chi connectivity index (χ4n) is 3.88. The molecule has 1 aliphatic carbocycles. The zero-order chi connectivity index (χ0) is 21.5. The summed E-state index contributed by atoms with van der Waals surface area (Å²) in [5, 5.41) is 3.44. The van der Waals surface area contributed by atoms with E-state index in [0.717, 1.165) is 24.1 Å². The number of nitrogens with one attached hydrogen (secondary N) is 1. The molecule has 2 heterocycles. The van der Waals surface area contributed by atoms with Crippen molar-refractivity contribution in [2.24, 2.45) is 0 Å². The summed E-state index contributed by atoms with van der Waals surface area (Å²) >= 11 is 0. The zero-order valence-electron chi connectivity index (χ0n) is 17.0. The van der Waals surface area contributed by atoms with Crippen molar-refractivity contribution in [1.29, 1.82) is 0 Å². The average molecular weight is 415 g/mol. The number of esters is 1. The van der Waals surface area contributed by atoms with Crippen LogP contribution in [0.3, 0.4) is 0 Å². The van der Waals surface area contributed by atoms with Gasteiger partial charge in [0.2, 0.25) is 5.91 Å². The van der Waals surface area contributed by atoms with Crippen LogP contribution in [0.25, 0.3) is 10.9 Å². The van der Waals surface area contributed by atoms with Gasteiger partial charge in [0.15, 0.2) is 6.10 Å². The van der Waals surface area contributed by atoms with E-state index < -0.39 is 18.0 Å². The van der Waals surface area contributed by atoms with E-state index in [1.807, 2.05) is 24.3 Å². The van der Waals surface area contributed by atoms with Gasteiger partial charge in [-0.3, -0.25) is 19.5 Å². The van der Waals surface area contributed by atoms with Crippen molar-refractivity contribution < 1.29 is 19.1 Å². The first kappa shape index (κ1) is 19.2.